The lowest BCUT2D eigenvalue weighted by Gasteiger charge is -2.27. The summed E-state index contributed by atoms with van der Waals surface area (Å²) in [6.45, 7) is 5.69. The number of rotatable bonds is 7. The number of benzene rings is 1. The Morgan fingerprint density at radius 2 is 1.83 bits per heavy atom. The zero-order chi connectivity index (χ0) is 13.6. The van der Waals surface area contributed by atoms with Gasteiger partial charge >= 0.3 is 0 Å². The molecule has 0 heterocycles. The molecule has 0 bridgehead atoms. The van der Waals surface area contributed by atoms with E-state index < -0.39 is 0 Å². The largest absolute Gasteiger partial charge is 0.497 e. The van der Waals surface area contributed by atoms with Gasteiger partial charge < -0.3 is 14.2 Å². The molecule has 0 spiro atoms. The van der Waals surface area contributed by atoms with E-state index in [2.05, 4.69) is 19.2 Å². The summed E-state index contributed by atoms with van der Waals surface area (Å²) >= 11 is 0. The van der Waals surface area contributed by atoms with Gasteiger partial charge in [-0.05, 0) is 6.07 Å². The quantitative estimate of drug-likeness (QED) is 0.597. The number of hydrogen-bond donors (Lipinski definition) is 1. The third kappa shape index (κ3) is 3.62. The second kappa shape index (κ2) is 6.61. The Morgan fingerprint density at radius 1 is 1.11 bits per heavy atom. The number of hydrogen-bond acceptors (Lipinski definition) is 4. The highest BCUT2D eigenvalue weighted by Gasteiger charge is 2.24. The first-order valence-corrected chi connectivity index (χ1v) is 5.97. The minimum Gasteiger partial charge on any atom is -0.497 e. The fourth-order valence-corrected chi connectivity index (χ4v) is 1.92. The summed E-state index contributed by atoms with van der Waals surface area (Å²) in [6, 6.07) is 5.91. The molecular weight excluding hydrogens is 230 g/mol. The maximum atomic E-state index is 5.44. The van der Waals surface area contributed by atoms with Gasteiger partial charge in [0.2, 0.25) is 0 Å². The molecule has 0 amide bonds. The highest BCUT2D eigenvalue weighted by atomic mass is 16.5. The van der Waals surface area contributed by atoms with Gasteiger partial charge in [-0.2, -0.15) is 0 Å². The van der Waals surface area contributed by atoms with Crippen molar-refractivity contribution in [1.29, 1.82) is 0 Å². The first-order valence-electron chi connectivity index (χ1n) is 5.97. The van der Waals surface area contributed by atoms with Crippen LogP contribution in [0.3, 0.4) is 0 Å². The van der Waals surface area contributed by atoms with Crippen LogP contribution < -0.4 is 14.8 Å². The predicted molar refractivity (Wildman–Crippen MR) is 72.5 cm³/mol. The van der Waals surface area contributed by atoms with Crippen molar-refractivity contribution in [2.24, 2.45) is 0 Å². The van der Waals surface area contributed by atoms with Gasteiger partial charge in [0.25, 0.3) is 0 Å². The van der Waals surface area contributed by atoms with Crippen LogP contribution in [0.25, 0.3) is 0 Å². The van der Waals surface area contributed by atoms with Crippen molar-refractivity contribution in [2.45, 2.75) is 19.3 Å². The Morgan fingerprint density at radius 3 is 2.39 bits per heavy atom. The molecule has 1 aromatic carbocycles. The molecule has 1 rings (SSSR count). The standard InChI is InChI=1S/C14H23NO3/c1-14(2,9-15-10-16-3)12-7-6-11(17-4)8-13(12)18-5/h6-8,15H,9-10H2,1-5H3. The molecule has 0 radical (unpaired) electrons. The highest BCUT2D eigenvalue weighted by molar-refractivity contribution is 5.44. The first-order chi connectivity index (χ1) is 8.55. The van der Waals surface area contributed by atoms with Crippen LogP contribution >= 0.6 is 0 Å². The van der Waals surface area contributed by atoms with Gasteiger partial charge in [0, 0.05) is 30.7 Å². The normalized spacial score (nSPS) is 11.4. The van der Waals surface area contributed by atoms with Crippen LogP contribution in [0.4, 0.5) is 0 Å². The molecule has 0 atom stereocenters. The molecule has 18 heavy (non-hydrogen) atoms. The number of methoxy groups -OCH3 is 3. The zero-order valence-corrected chi connectivity index (χ0v) is 11.9. The molecule has 4 heteroatoms. The molecule has 0 saturated heterocycles. The third-order valence-electron chi connectivity index (χ3n) is 2.95. The SMILES string of the molecule is COCNCC(C)(C)c1ccc(OC)cc1OC. The molecule has 0 saturated carbocycles. The van der Waals surface area contributed by atoms with E-state index >= 15 is 0 Å². The molecule has 0 aliphatic carbocycles. The van der Waals surface area contributed by atoms with E-state index in [4.69, 9.17) is 14.2 Å². The monoisotopic (exact) mass is 253 g/mol. The molecule has 0 aliphatic rings. The van der Waals surface area contributed by atoms with E-state index in [-0.39, 0.29) is 5.41 Å². The average Bonchev–Trinajstić information content (AvgIpc) is 2.38. The van der Waals surface area contributed by atoms with E-state index in [9.17, 15) is 0 Å². The first kappa shape index (κ1) is 14.8. The summed E-state index contributed by atoms with van der Waals surface area (Å²) in [4.78, 5) is 0. The van der Waals surface area contributed by atoms with Gasteiger partial charge in [0.05, 0.1) is 21.0 Å². The van der Waals surface area contributed by atoms with E-state index in [1.54, 1.807) is 21.3 Å². The van der Waals surface area contributed by atoms with E-state index in [1.807, 2.05) is 18.2 Å². The van der Waals surface area contributed by atoms with Gasteiger partial charge in [-0.3, -0.25) is 5.32 Å². The molecule has 0 fully saturated rings. The van der Waals surface area contributed by atoms with Gasteiger partial charge in [0.15, 0.2) is 0 Å². The lowest BCUT2D eigenvalue weighted by Crippen LogP contribution is -2.34. The summed E-state index contributed by atoms with van der Waals surface area (Å²) in [7, 11) is 5.00. The summed E-state index contributed by atoms with van der Waals surface area (Å²) in [5, 5.41) is 3.24. The van der Waals surface area contributed by atoms with Crippen molar-refractivity contribution in [2.75, 3.05) is 34.6 Å². The van der Waals surface area contributed by atoms with Crippen LogP contribution in [0.1, 0.15) is 19.4 Å². The summed E-state index contributed by atoms with van der Waals surface area (Å²) in [5.41, 5.74) is 1.10. The number of ether oxygens (including phenoxy) is 3. The Balaban J connectivity index is 2.92. The molecule has 102 valence electrons. The van der Waals surface area contributed by atoms with Crippen molar-refractivity contribution < 1.29 is 14.2 Å². The van der Waals surface area contributed by atoms with Crippen molar-refractivity contribution in [3.8, 4) is 11.5 Å². The molecule has 4 nitrogen and oxygen atoms in total. The van der Waals surface area contributed by atoms with E-state index in [1.165, 1.54) is 0 Å². The second-order valence-electron chi connectivity index (χ2n) is 4.81. The smallest absolute Gasteiger partial charge is 0.126 e. The zero-order valence-electron chi connectivity index (χ0n) is 11.9. The molecule has 1 N–H and O–H groups in total. The minimum atomic E-state index is -0.0455. The Bertz CT molecular complexity index is 377. The molecule has 0 aromatic heterocycles. The summed E-state index contributed by atoms with van der Waals surface area (Å²) in [6.07, 6.45) is 0. The van der Waals surface area contributed by atoms with E-state index in [0.29, 0.717) is 6.73 Å². The van der Waals surface area contributed by atoms with Crippen LogP contribution in [0.15, 0.2) is 18.2 Å². The molecule has 0 unspecified atom stereocenters. The van der Waals surface area contributed by atoms with Crippen LogP contribution in [-0.4, -0.2) is 34.6 Å². The number of nitrogens with one attached hydrogen (secondary N) is 1. The summed E-state index contributed by atoms with van der Waals surface area (Å²) < 4.78 is 15.7. The van der Waals surface area contributed by atoms with E-state index in [0.717, 1.165) is 23.6 Å². The predicted octanol–water partition coefficient (Wildman–Crippen LogP) is 2.17. The van der Waals surface area contributed by atoms with Crippen molar-refractivity contribution in [3.63, 3.8) is 0 Å². The Kier molecular flexibility index (Phi) is 5.44. The Hall–Kier alpha value is -1.26. The van der Waals surface area contributed by atoms with Gasteiger partial charge in [-0.1, -0.05) is 19.9 Å². The van der Waals surface area contributed by atoms with Crippen LogP contribution in [0, 0.1) is 0 Å². The average molecular weight is 253 g/mol. The fraction of sp³-hybridized carbons (Fsp3) is 0.571. The Labute approximate surface area is 109 Å². The van der Waals surface area contributed by atoms with Gasteiger partial charge in [0.1, 0.15) is 11.5 Å². The molecule has 0 aliphatic heterocycles. The molecule has 1 aromatic rings. The van der Waals surface area contributed by atoms with Crippen molar-refractivity contribution >= 4 is 0 Å². The molecular formula is C14H23NO3. The van der Waals surface area contributed by atoms with Gasteiger partial charge in [-0.25, -0.2) is 0 Å². The summed E-state index contributed by atoms with van der Waals surface area (Å²) in [5.74, 6) is 1.65. The van der Waals surface area contributed by atoms with Crippen LogP contribution in [0.5, 0.6) is 11.5 Å². The maximum Gasteiger partial charge on any atom is 0.126 e. The topological polar surface area (TPSA) is 39.7 Å². The van der Waals surface area contributed by atoms with Crippen molar-refractivity contribution in [1.82, 2.24) is 5.32 Å². The van der Waals surface area contributed by atoms with Gasteiger partial charge in [-0.15, -0.1) is 0 Å². The maximum absolute atomic E-state index is 5.44. The lowest BCUT2D eigenvalue weighted by molar-refractivity contribution is 0.169. The fourth-order valence-electron chi connectivity index (χ4n) is 1.92. The lowest BCUT2D eigenvalue weighted by atomic mass is 9.84. The van der Waals surface area contributed by atoms with Crippen LogP contribution in [0.2, 0.25) is 0 Å². The third-order valence-corrected chi connectivity index (χ3v) is 2.95. The van der Waals surface area contributed by atoms with Crippen molar-refractivity contribution in [3.05, 3.63) is 23.8 Å². The minimum absolute atomic E-state index is 0.0455. The highest BCUT2D eigenvalue weighted by Crippen LogP contribution is 2.33. The van der Waals surface area contributed by atoms with Crippen LogP contribution in [-0.2, 0) is 10.2 Å². The second-order valence-corrected chi connectivity index (χ2v) is 4.81.